The van der Waals surface area contributed by atoms with Crippen LogP contribution in [0, 0.1) is 0 Å². The van der Waals surface area contributed by atoms with Crippen molar-refractivity contribution in [3.63, 3.8) is 0 Å². The zero-order valence-corrected chi connectivity index (χ0v) is 18.2. The molecule has 2 N–H and O–H groups in total. The monoisotopic (exact) mass is 482 g/mol. The topological polar surface area (TPSA) is 121 Å². The number of carboxylic acid groups (broad SMARTS) is 1. The van der Waals surface area contributed by atoms with Gasteiger partial charge in [-0.15, -0.1) is 0 Å². The SMILES string of the molecule is O=C(NCCC1CN(C(=O)N2CCCC2)Cc2ccnn21)c1cccnc1.O=C(O)C(F)(F)F. The molecule has 0 bridgehead atoms. The number of nitrogens with one attached hydrogen (secondary N) is 1. The Kier molecular flexibility index (Phi) is 8.08. The van der Waals surface area contributed by atoms with E-state index in [1.54, 1.807) is 30.7 Å². The Morgan fingerprint density at radius 3 is 2.44 bits per heavy atom. The van der Waals surface area contributed by atoms with E-state index in [4.69, 9.17) is 9.90 Å². The maximum atomic E-state index is 12.8. The standard InChI is InChI=1S/C19H24N6O2.C2HF3O2/c26-18(15-4-3-7-20-12-15)21-8-5-16-13-24(14-17-6-9-22-25(16)17)19(27)23-10-1-2-11-23;3-2(4,5)1(6)7/h3-4,6-7,9,12,16H,1-2,5,8,10-11,13-14H2,(H,21,26);(H,6,7). The summed E-state index contributed by atoms with van der Waals surface area (Å²) in [4.78, 5) is 41.7. The van der Waals surface area contributed by atoms with Gasteiger partial charge >= 0.3 is 18.2 Å². The van der Waals surface area contributed by atoms with E-state index in [1.807, 2.05) is 20.5 Å². The van der Waals surface area contributed by atoms with Crippen molar-refractivity contribution in [1.29, 1.82) is 0 Å². The molecule has 0 radical (unpaired) electrons. The molecule has 0 aromatic carbocycles. The second-order valence-electron chi connectivity index (χ2n) is 7.87. The number of aromatic nitrogens is 3. The molecule has 1 unspecified atom stereocenters. The summed E-state index contributed by atoms with van der Waals surface area (Å²) in [5.74, 6) is -2.89. The Labute approximate surface area is 193 Å². The normalized spacial score (nSPS) is 17.4. The van der Waals surface area contributed by atoms with Crippen molar-refractivity contribution >= 4 is 17.9 Å². The lowest BCUT2D eigenvalue weighted by Gasteiger charge is -2.36. The van der Waals surface area contributed by atoms with E-state index in [-0.39, 0.29) is 18.0 Å². The van der Waals surface area contributed by atoms with Crippen LogP contribution in [0.5, 0.6) is 0 Å². The number of hydrogen-bond acceptors (Lipinski definition) is 5. The number of pyridine rings is 1. The number of nitrogens with zero attached hydrogens (tertiary/aromatic N) is 5. The maximum absolute atomic E-state index is 12.8. The van der Waals surface area contributed by atoms with Gasteiger partial charge in [-0.3, -0.25) is 14.5 Å². The molecular formula is C21H25F3N6O4. The van der Waals surface area contributed by atoms with Crippen LogP contribution < -0.4 is 5.32 Å². The molecule has 184 valence electrons. The number of fused-ring (bicyclic) bond motifs is 1. The summed E-state index contributed by atoms with van der Waals surface area (Å²) in [7, 11) is 0. The van der Waals surface area contributed by atoms with Gasteiger partial charge in [-0.05, 0) is 37.5 Å². The van der Waals surface area contributed by atoms with Gasteiger partial charge in [0.2, 0.25) is 0 Å². The Morgan fingerprint density at radius 2 is 1.82 bits per heavy atom. The molecule has 13 heteroatoms. The first-order valence-corrected chi connectivity index (χ1v) is 10.7. The van der Waals surface area contributed by atoms with Crippen LogP contribution in [-0.2, 0) is 11.3 Å². The van der Waals surface area contributed by atoms with Gasteiger partial charge in [0, 0.05) is 44.8 Å². The molecule has 1 fully saturated rings. The quantitative estimate of drug-likeness (QED) is 0.690. The molecule has 2 aromatic heterocycles. The average molecular weight is 482 g/mol. The van der Waals surface area contributed by atoms with Crippen LogP contribution in [0.15, 0.2) is 36.8 Å². The molecule has 10 nitrogen and oxygen atoms in total. The molecule has 0 spiro atoms. The van der Waals surface area contributed by atoms with Crippen LogP contribution in [0.3, 0.4) is 0 Å². The van der Waals surface area contributed by atoms with Crippen molar-refractivity contribution in [3.8, 4) is 0 Å². The zero-order valence-electron chi connectivity index (χ0n) is 18.2. The molecule has 34 heavy (non-hydrogen) atoms. The van der Waals surface area contributed by atoms with Crippen LogP contribution in [0.1, 0.15) is 41.4 Å². The number of aliphatic carboxylic acids is 1. The third kappa shape index (κ3) is 6.45. The Hall–Kier alpha value is -3.64. The van der Waals surface area contributed by atoms with Crippen LogP contribution in [0.4, 0.5) is 18.0 Å². The van der Waals surface area contributed by atoms with Gasteiger partial charge in [-0.1, -0.05) is 0 Å². The molecular weight excluding hydrogens is 457 g/mol. The predicted octanol–water partition coefficient (Wildman–Crippen LogP) is 2.30. The molecule has 1 saturated heterocycles. The molecule has 2 aliphatic heterocycles. The first-order chi connectivity index (χ1) is 16.2. The number of halogens is 3. The van der Waals surface area contributed by atoms with Crippen molar-refractivity contribution in [1.82, 2.24) is 29.9 Å². The third-order valence-corrected chi connectivity index (χ3v) is 5.46. The minimum Gasteiger partial charge on any atom is -0.475 e. The number of hydrogen-bond donors (Lipinski definition) is 2. The molecule has 2 aromatic rings. The number of urea groups is 1. The first kappa shape index (κ1) is 25.0. The fourth-order valence-corrected chi connectivity index (χ4v) is 3.81. The molecule has 2 aliphatic rings. The van der Waals surface area contributed by atoms with E-state index in [9.17, 15) is 22.8 Å². The minimum absolute atomic E-state index is 0.0597. The van der Waals surface area contributed by atoms with Gasteiger partial charge in [0.05, 0.1) is 23.8 Å². The molecule has 1 atom stereocenters. The van der Waals surface area contributed by atoms with E-state index in [2.05, 4.69) is 15.4 Å². The van der Waals surface area contributed by atoms with Gasteiger partial charge in [-0.25, -0.2) is 9.59 Å². The van der Waals surface area contributed by atoms with Crippen molar-refractivity contribution < 1.29 is 32.7 Å². The summed E-state index contributed by atoms with van der Waals surface area (Å²) in [6.45, 7) is 3.42. The number of alkyl halides is 3. The summed E-state index contributed by atoms with van der Waals surface area (Å²) in [6.07, 6.45) is 2.77. The number of carboxylic acids is 1. The minimum atomic E-state index is -5.08. The van der Waals surface area contributed by atoms with Gasteiger partial charge in [0.1, 0.15) is 0 Å². The van der Waals surface area contributed by atoms with Crippen molar-refractivity contribution in [3.05, 3.63) is 48.0 Å². The van der Waals surface area contributed by atoms with Crippen molar-refractivity contribution in [2.45, 2.75) is 38.0 Å². The van der Waals surface area contributed by atoms with Crippen LogP contribution in [0.25, 0.3) is 0 Å². The third-order valence-electron chi connectivity index (χ3n) is 5.46. The van der Waals surface area contributed by atoms with E-state index in [1.165, 1.54) is 0 Å². The Balaban J connectivity index is 0.000000406. The number of carbonyl (C=O) groups is 3. The van der Waals surface area contributed by atoms with Crippen LogP contribution in [0.2, 0.25) is 0 Å². The highest BCUT2D eigenvalue weighted by molar-refractivity contribution is 5.93. The number of carbonyl (C=O) groups excluding carboxylic acids is 2. The highest BCUT2D eigenvalue weighted by atomic mass is 19.4. The summed E-state index contributed by atoms with van der Waals surface area (Å²) < 4.78 is 33.7. The molecule has 4 rings (SSSR count). The number of rotatable bonds is 4. The fourth-order valence-electron chi connectivity index (χ4n) is 3.81. The van der Waals surface area contributed by atoms with Crippen molar-refractivity contribution in [2.75, 3.05) is 26.2 Å². The largest absolute Gasteiger partial charge is 0.490 e. The zero-order chi connectivity index (χ0) is 24.7. The molecule has 0 saturated carbocycles. The maximum Gasteiger partial charge on any atom is 0.490 e. The molecule has 3 amide bonds. The number of likely N-dealkylation sites (tertiary alicyclic amines) is 1. The highest BCUT2D eigenvalue weighted by Gasteiger charge is 2.38. The van der Waals surface area contributed by atoms with Gasteiger partial charge < -0.3 is 20.2 Å². The highest BCUT2D eigenvalue weighted by Crippen LogP contribution is 2.24. The smallest absolute Gasteiger partial charge is 0.475 e. The summed E-state index contributed by atoms with van der Waals surface area (Å²) >= 11 is 0. The summed E-state index contributed by atoms with van der Waals surface area (Å²) in [5, 5.41) is 14.5. The van der Waals surface area contributed by atoms with Gasteiger partial charge in [-0.2, -0.15) is 18.3 Å². The van der Waals surface area contributed by atoms with Crippen molar-refractivity contribution in [2.24, 2.45) is 0 Å². The lowest BCUT2D eigenvalue weighted by molar-refractivity contribution is -0.192. The summed E-state index contributed by atoms with van der Waals surface area (Å²) in [6, 6.07) is 5.62. The fraction of sp³-hybridized carbons (Fsp3) is 0.476. The number of amides is 3. The van der Waals surface area contributed by atoms with Crippen LogP contribution >= 0.6 is 0 Å². The van der Waals surface area contributed by atoms with E-state index >= 15 is 0 Å². The predicted molar refractivity (Wildman–Crippen MR) is 113 cm³/mol. The van der Waals surface area contributed by atoms with Crippen LogP contribution in [-0.4, -0.2) is 79.9 Å². The lowest BCUT2D eigenvalue weighted by atomic mass is 10.1. The first-order valence-electron chi connectivity index (χ1n) is 10.7. The summed E-state index contributed by atoms with van der Waals surface area (Å²) in [5.41, 5.74) is 1.59. The Morgan fingerprint density at radius 1 is 1.12 bits per heavy atom. The second kappa shape index (κ2) is 11.0. The second-order valence-corrected chi connectivity index (χ2v) is 7.87. The van der Waals surface area contributed by atoms with E-state index in [0.29, 0.717) is 31.6 Å². The average Bonchev–Trinajstić information content (AvgIpc) is 3.51. The van der Waals surface area contributed by atoms with Gasteiger partial charge in [0.25, 0.3) is 5.91 Å². The Bertz CT molecular complexity index is 992. The van der Waals surface area contributed by atoms with E-state index in [0.717, 1.165) is 31.6 Å². The van der Waals surface area contributed by atoms with Gasteiger partial charge in [0.15, 0.2) is 0 Å². The molecule has 0 aliphatic carbocycles. The lowest BCUT2D eigenvalue weighted by Crippen LogP contribution is -2.47. The molecule has 4 heterocycles. The van der Waals surface area contributed by atoms with E-state index < -0.39 is 12.1 Å².